The van der Waals surface area contributed by atoms with Gasteiger partial charge in [-0.2, -0.15) is 0 Å². The lowest BCUT2D eigenvalue weighted by Gasteiger charge is -2.11. The minimum absolute atomic E-state index is 0.542. The lowest BCUT2D eigenvalue weighted by atomic mass is 10.2. The van der Waals surface area contributed by atoms with Gasteiger partial charge in [-0.3, -0.25) is 4.90 Å². The third-order valence-electron chi connectivity index (χ3n) is 2.16. The number of hydrogen-bond acceptors (Lipinski definition) is 3. The van der Waals surface area contributed by atoms with Gasteiger partial charge in [0.1, 0.15) is 11.5 Å². The summed E-state index contributed by atoms with van der Waals surface area (Å²) in [4.78, 5) is 2.13. The number of furan rings is 1. The van der Waals surface area contributed by atoms with E-state index in [0.29, 0.717) is 6.54 Å². The molecule has 0 aliphatic heterocycles. The highest BCUT2D eigenvalue weighted by Gasteiger charge is 2.07. The molecule has 0 atom stereocenters. The van der Waals surface area contributed by atoms with Gasteiger partial charge in [0, 0.05) is 18.7 Å². The Morgan fingerprint density at radius 1 is 1.64 bits per heavy atom. The topological polar surface area (TPSA) is 42.4 Å². The Morgan fingerprint density at radius 3 is 2.86 bits per heavy atom. The van der Waals surface area contributed by atoms with E-state index in [9.17, 15) is 0 Å². The van der Waals surface area contributed by atoms with Crippen LogP contribution in [0.25, 0.3) is 0 Å². The van der Waals surface area contributed by atoms with E-state index >= 15 is 0 Å². The Labute approximate surface area is 85.2 Å². The van der Waals surface area contributed by atoms with Crippen molar-refractivity contribution >= 4 is 0 Å². The van der Waals surface area contributed by atoms with Crippen LogP contribution < -0.4 is 5.73 Å². The first-order chi connectivity index (χ1) is 6.67. The first kappa shape index (κ1) is 11.0. The monoisotopic (exact) mass is 194 g/mol. The number of nitrogens with two attached hydrogens (primary N) is 1. The normalized spacial score (nSPS) is 10.9. The van der Waals surface area contributed by atoms with Gasteiger partial charge in [0.15, 0.2) is 0 Å². The van der Waals surface area contributed by atoms with Crippen molar-refractivity contribution in [2.45, 2.75) is 20.0 Å². The van der Waals surface area contributed by atoms with Crippen LogP contribution in [-0.2, 0) is 13.1 Å². The Kier molecular flexibility index (Phi) is 3.92. The maximum absolute atomic E-state index is 5.57. The van der Waals surface area contributed by atoms with Crippen LogP contribution in [0.5, 0.6) is 0 Å². The standard InChI is InChI=1S/C11H18N2O/c1-4-5-13(3)8-11-6-10(7-12)9(2)14-11/h4,6H,1,5,7-8,12H2,2-3H3. The summed E-state index contributed by atoms with van der Waals surface area (Å²) in [7, 11) is 2.03. The van der Waals surface area contributed by atoms with Crippen LogP contribution in [0, 0.1) is 6.92 Å². The molecule has 0 spiro atoms. The molecule has 3 nitrogen and oxygen atoms in total. The van der Waals surface area contributed by atoms with Crippen molar-refractivity contribution in [2.24, 2.45) is 5.73 Å². The predicted octanol–water partition coefficient (Wildman–Crippen LogP) is 1.66. The molecule has 0 radical (unpaired) electrons. The zero-order valence-corrected chi connectivity index (χ0v) is 8.92. The van der Waals surface area contributed by atoms with Crippen molar-refractivity contribution in [3.63, 3.8) is 0 Å². The van der Waals surface area contributed by atoms with E-state index < -0.39 is 0 Å². The van der Waals surface area contributed by atoms with Crippen LogP contribution in [0.15, 0.2) is 23.1 Å². The summed E-state index contributed by atoms with van der Waals surface area (Å²) in [5.74, 6) is 1.89. The van der Waals surface area contributed by atoms with Gasteiger partial charge in [0.2, 0.25) is 0 Å². The highest BCUT2D eigenvalue weighted by Crippen LogP contribution is 2.15. The van der Waals surface area contributed by atoms with Crippen molar-refractivity contribution in [1.82, 2.24) is 4.90 Å². The molecule has 1 aromatic heterocycles. The van der Waals surface area contributed by atoms with E-state index in [-0.39, 0.29) is 0 Å². The molecule has 78 valence electrons. The van der Waals surface area contributed by atoms with Crippen LogP contribution in [-0.4, -0.2) is 18.5 Å². The fourth-order valence-corrected chi connectivity index (χ4v) is 1.42. The molecule has 1 aromatic rings. The summed E-state index contributed by atoms with van der Waals surface area (Å²) in [6, 6.07) is 2.02. The summed E-state index contributed by atoms with van der Waals surface area (Å²) in [6.45, 7) is 7.83. The van der Waals surface area contributed by atoms with E-state index in [1.54, 1.807) is 0 Å². The largest absolute Gasteiger partial charge is 0.465 e. The average Bonchev–Trinajstić information content (AvgIpc) is 2.46. The highest BCUT2D eigenvalue weighted by atomic mass is 16.3. The lowest BCUT2D eigenvalue weighted by Crippen LogP contribution is -2.16. The minimum atomic E-state index is 0.542. The van der Waals surface area contributed by atoms with Crippen LogP contribution in [0.3, 0.4) is 0 Å². The molecule has 0 bridgehead atoms. The zero-order chi connectivity index (χ0) is 10.6. The van der Waals surface area contributed by atoms with Gasteiger partial charge >= 0.3 is 0 Å². The third kappa shape index (κ3) is 2.72. The molecule has 0 aliphatic carbocycles. The minimum Gasteiger partial charge on any atom is -0.465 e. The fourth-order valence-electron chi connectivity index (χ4n) is 1.42. The van der Waals surface area contributed by atoms with Gasteiger partial charge in [-0.15, -0.1) is 6.58 Å². The number of likely N-dealkylation sites (N-methyl/N-ethyl adjacent to an activating group) is 1. The van der Waals surface area contributed by atoms with E-state index in [1.165, 1.54) is 0 Å². The predicted molar refractivity (Wildman–Crippen MR) is 57.9 cm³/mol. The number of nitrogens with zero attached hydrogens (tertiary/aromatic N) is 1. The van der Waals surface area contributed by atoms with Crippen molar-refractivity contribution in [2.75, 3.05) is 13.6 Å². The van der Waals surface area contributed by atoms with E-state index in [1.807, 2.05) is 26.1 Å². The van der Waals surface area contributed by atoms with Crippen molar-refractivity contribution in [1.29, 1.82) is 0 Å². The van der Waals surface area contributed by atoms with Crippen molar-refractivity contribution < 1.29 is 4.42 Å². The fraction of sp³-hybridized carbons (Fsp3) is 0.455. The van der Waals surface area contributed by atoms with Crippen molar-refractivity contribution in [3.05, 3.63) is 35.8 Å². The van der Waals surface area contributed by atoms with Crippen LogP contribution in [0.2, 0.25) is 0 Å². The summed E-state index contributed by atoms with van der Waals surface area (Å²) in [5, 5.41) is 0. The average molecular weight is 194 g/mol. The molecule has 3 heteroatoms. The van der Waals surface area contributed by atoms with E-state index in [0.717, 1.165) is 30.2 Å². The maximum atomic E-state index is 5.57. The second kappa shape index (κ2) is 4.98. The molecule has 0 aliphatic rings. The van der Waals surface area contributed by atoms with Crippen LogP contribution in [0.1, 0.15) is 17.1 Å². The van der Waals surface area contributed by atoms with Gasteiger partial charge in [-0.1, -0.05) is 6.08 Å². The quantitative estimate of drug-likeness (QED) is 0.725. The number of aryl methyl sites for hydroxylation is 1. The van der Waals surface area contributed by atoms with Crippen molar-refractivity contribution in [3.8, 4) is 0 Å². The molecular weight excluding hydrogens is 176 g/mol. The molecule has 0 aromatic carbocycles. The van der Waals surface area contributed by atoms with E-state index in [2.05, 4.69) is 11.5 Å². The van der Waals surface area contributed by atoms with Gasteiger partial charge < -0.3 is 10.2 Å². The van der Waals surface area contributed by atoms with Gasteiger partial charge in [0.05, 0.1) is 6.54 Å². The van der Waals surface area contributed by atoms with Gasteiger partial charge in [-0.25, -0.2) is 0 Å². The lowest BCUT2D eigenvalue weighted by molar-refractivity contribution is 0.319. The number of rotatable bonds is 5. The highest BCUT2D eigenvalue weighted by molar-refractivity contribution is 5.20. The van der Waals surface area contributed by atoms with Crippen LogP contribution in [0.4, 0.5) is 0 Å². The Morgan fingerprint density at radius 2 is 2.36 bits per heavy atom. The molecular formula is C11H18N2O. The summed E-state index contributed by atoms with van der Waals surface area (Å²) >= 11 is 0. The Hall–Kier alpha value is -1.06. The van der Waals surface area contributed by atoms with Crippen LogP contribution >= 0.6 is 0 Å². The molecule has 0 amide bonds. The summed E-state index contributed by atoms with van der Waals surface area (Å²) in [5.41, 5.74) is 6.65. The Bertz CT molecular complexity index is 304. The molecule has 2 N–H and O–H groups in total. The second-order valence-corrected chi connectivity index (χ2v) is 3.48. The molecule has 0 saturated heterocycles. The zero-order valence-electron chi connectivity index (χ0n) is 8.92. The molecule has 0 saturated carbocycles. The molecule has 14 heavy (non-hydrogen) atoms. The number of hydrogen-bond donors (Lipinski definition) is 1. The third-order valence-corrected chi connectivity index (χ3v) is 2.16. The summed E-state index contributed by atoms with van der Waals surface area (Å²) < 4.78 is 5.57. The molecule has 0 fully saturated rings. The van der Waals surface area contributed by atoms with E-state index in [4.69, 9.17) is 10.2 Å². The van der Waals surface area contributed by atoms with Gasteiger partial charge in [-0.05, 0) is 20.0 Å². The smallest absolute Gasteiger partial charge is 0.118 e. The van der Waals surface area contributed by atoms with Gasteiger partial charge in [0.25, 0.3) is 0 Å². The SMILES string of the molecule is C=CCN(C)Cc1cc(CN)c(C)o1. The summed E-state index contributed by atoms with van der Waals surface area (Å²) in [6.07, 6.45) is 1.87. The maximum Gasteiger partial charge on any atom is 0.118 e. The molecule has 0 unspecified atom stereocenters. The second-order valence-electron chi connectivity index (χ2n) is 3.48. The molecule has 1 heterocycles. The first-order valence-corrected chi connectivity index (χ1v) is 4.75. The first-order valence-electron chi connectivity index (χ1n) is 4.75. The Balaban J connectivity index is 2.62. The molecule has 1 rings (SSSR count).